The lowest BCUT2D eigenvalue weighted by Crippen LogP contribution is -2.20. The maximum atomic E-state index is 12.5. The largest absolute Gasteiger partial charge is 0.494 e. The van der Waals surface area contributed by atoms with Crippen molar-refractivity contribution in [3.63, 3.8) is 0 Å². The minimum atomic E-state index is -0.306. The van der Waals surface area contributed by atoms with Crippen LogP contribution in [0.25, 0.3) is 11.4 Å². The van der Waals surface area contributed by atoms with Crippen molar-refractivity contribution >= 4 is 23.2 Å². The molecule has 34 heavy (non-hydrogen) atoms. The summed E-state index contributed by atoms with van der Waals surface area (Å²) in [4.78, 5) is 26.1. The second-order valence-electron chi connectivity index (χ2n) is 7.55. The number of tetrazole rings is 1. The zero-order chi connectivity index (χ0) is 23.9. The zero-order valence-corrected chi connectivity index (χ0v) is 18.9. The van der Waals surface area contributed by atoms with Crippen molar-refractivity contribution in [1.82, 2.24) is 20.2 Å². The third kappa shape index (κ3) is 5.83. The van der Waals surface area contributed by atoms with Gasteiger partial charge in [0.25, 0.3) is 5.91 Å². The molecule has 0 radical (unpaired) electrons. The first-order chi connectivity index (χ1) is 16.5. The van der Waals surface area contributed by atoms with Gasteiger partial charge in [0.15, 0.2) is 0 Å². The molecule has 1 heterocycles. The third-order valence-electron chi connectivity index (χ3n) is 4.90. The number of carbonyl (C=O) groups is 2. The molecule has 0 aliphatic rings. The Morgan fingerprint density at radius 1 is 0.882 bits per heavy atom. The Hall–Kier alpha value is -4.53. The highest BCUT2D eigenvalue weighted by Gasteiger charge is 2.11. The summed E-state index contributed by atoms with van der Waals surface area (Å²) in [6.07, 6.45) is 0. The van der Waals surface area contributed by atoms with Gasteiger partial charge in [0.05, 0.1) is 6.61 Å². The van der Waals surface area contributed by atoms with E-state index in [0.29, 0.717) is 29.4 Å². The van der Waals surface area contributed by atoms with Gasteiger partial charge in [-0.25, -0.2) is 0 Å². The number of hydrogen-bond acceptors (Lipinski definition) is 6. The average molecular weight is 457 g/mol. The predicted molar refractivity (Wildman–Crippen MR) is 129 cm³/mol. The van der Waals surface area contributed by atoms with Gasteiger partial charge >= 0.3 is 0 Å². The molecule has 0 aliphatic heterocycles. The Balaban J connectivity index is 1.31. The summed E-state index contributed by atoms with van der Waals surface area (Å²) in [6, 6.07) is 21.5. The number of aromatic nitrogens is 4. The monoisotopic (exact) mass is 456 g/mol. The number of aryl methyl sites for hydroxylation is 1. The van der Waals surface area contributed by atoms with Gasteiger partial charge in [0.1, 0.15) is 12.3 Å². The van der Waals surface area contributed by atoms with Gasteiger partial charge in [-0.3, -0.25) is 9.59 Å². The van der Waals surface area contributed by atoms with Crippen molar-refractivity contribution < 1.29 is 14.3 Å². The first-order valence-corrected chi connectivity index (χ1v) is 10.8. The molecule has 9 nitrogen and oxygen atoms in total. The van der Waals surface area contributed by atoms with Crippen molar-refractivity contribution in [1.29, 1.82) is 0 Å². The summed E-state index contributed by atoms with van der Waals surface area (Å²) in [5, 5.41) is 17.8. The van der Waals surface area contributed by atoms with Gasteiger partial charge in [-0.05, 0) is 67.6 Å². The van der Waals surface area contributed by atoms with Crippen LogP contribution >= 0.6 is 0 Å². The fourth-order valence-corrected chi connectivity index (χ4v) is 3.17. The molecule has 4 rings (SSSR count). The molecule has 0 bridgehead atoms. The SMILES string of the molecule is CCOc1ccc(NC(=O)c2ccc(NC(=O)Cn3nnc(-c4ccc(C)cc4)n3)cc2)cc1. The number of rotatable bonds is 8. The Morgan fingerprint density at radius 2 is 1.53 bits per heavy atom. The van der Waals surface area contributed by atoms with E-state index in [1.807, 2.05) is 38.1 Å². The van der Waals surface area contributed by atoms with Crippen molar-refractivity contribution in [3.05, 3.63) is 83.9 Å². The number of nitrogens with zero attached hydrogens (tertiary/aromatic N) is 4. The summed E-state index contributed by atoms with van der Waals surface area (Å²) in [7, 11) is 0. The lowest BCUT2D eigenvalue weighted by atomic mass is 10.1. The topological polar surface area (TPSA) is 111 Å². The third-order valence-corrected chi connectivity index (χ3v) is 4.90. The van der Waals surface area contributed by atoms with Crippen LogP contribution in [-0.4, -0.2) is 38.6 Å². The van der Waals surface area contributed by atoms with Crippen LogP contribution in [0.1, 0.15) is 22.8 Å². The van der Waals surface area contributed by atoms with E-state index in [1.54, 1.807) is 48.5 Å². The maximum absolute atomic E-state index is 12.5. The fourth-order valence-electron chi connectivity index (χ4n) is 3.17. The van der Waals surface area contributed by atoms with Gasteiger partial charge in [-0.2, -0.15) is 4.80 Å². The summed E-state index contributed by atoms with van der Waals surface area (Å²) in [5.41, 5.74) is 3.65. The van der Waals surface area contributed by atoms with Gasteiger partial charge < -0.3 is 15.4 Å². The lowest BCUT2D eigenvalue weighted by molar-refractivity contribution is -0.117. The number of carbonyl (C=O) groups excluding carboxylic acids is 2. The molecule has 3 aromatic carbocycles. The van der Waals surface area contributed by atoms with Crippen LogP contribution in [0.5, 0.6) is 5.75 Å². The van der Waals surface area contributed by atoms with Gasteiger partial charge in [0.2, 0.25) is 11.7 Å². The molecule has 0 aliphatic carbocycles. The van der Waals surface area contributed by atoms with Gasteiger partial charge in [0, 0.05) is 22.5 Å². The van der Waals surface area contributed by atoms with E-state index >= 15 is 0 Å². The molecule has 2 N–H and O–H groups in total. The van der Waals surface area contributed by atoms with E-state index < -0.39 is 0 Å². The smallest absolute Gasteiger partial charge is 0.255 e. The molecular formula is C25H24N6O3. The lowest BCUT2D eigenvalue weighted by Gasteiger charge is -2.08. The van der Waals surface area contributed by atoms with E-state index in [-0.39, 0.29) is 18.4 Å². The molecule has 0 atom stereocenters. The molecule has 2 amide bonds. The number of anilines is 2. The Morgan fingerprint density at radius 3 is 2.21 bits per heavy atom. The molecule has 172 valence electrons. The van der Waals surface area contributed by atoms with Crippen LogP contribution in [0, 0.1) is 6.92 Å². The minimum absolute atomic E-state index is 0.0845. The molecule has 0 unspecified atom stereocenters. The average Bonchev–Trinajstić information content (AvgIpc) is 3.29. The summed E-state index contributed by atoms with van der Waals surface area (Å²) >= 11 is 0. The van der Waals surface area contributed by atoms with Crippen molar-refractivity contribution in [2.45, 2.75) is 20.4 Å². The van der Waals surface area contributed by atoms with Crippen LogP contribution < -0.4 is 15.4 Å². The van der Waals surface area contributed by atoms with E-state index in [2.05, 4.69) is 26.0 Å². The number of nitrogens with one attached hydrogen (secondary N) is 2. The highest BCUT2D eigenvalue weighted by molar-refractivity contribution is 6.04. The Kier molecular flexibility index (Phi) is 6.92. The number of ether oxygens (including phenoxy) is 1. The van der Waals surface area contributed by atoms with Crippen molar-refractivity contribution in [3.8, 4) is 17.1 Å². The zero-order valence-electron chi connectivity index (χ0n) is 18.9. The predicted octanol–water partition coefficient (Wildman–Crippen LogP) is 3.94. The normalized spacial score (nSPS) is 10.5. The number of amides is 2. The highest BCUT2D eigenvalue weighted by Crippen LogP contribution is 2.17. The van der Waals surface area contributed by atoms with Crippen LogP contribution in [0.15, 0.2) is 72.8 Å². The molecule has 4 aromatic rings. The minimum Gasteiger partial charge on any atom is -0.494 e. The fraction of sp³-hybridized carbons (Fsp3) is 0.160. The first-order valence-electron chi connectivity index (χ1n) is 10.8. The molecule has 0 fully saturated rings. The molecule has 0 saturated heterocycles. The van der Waals surface area contributed by atoms with Crippen LogP contribution in [0.4, 0.5) is 11.4 Å². The summed E-state index contributed by atoms with van der Waals surface area (Å²) in [6.45, 7) is 4.41. The van der Waals surface area contributed by atoms with E-state index in [1.165, 1.54) is 4.80 Å². The summed E-state index contributed by atoms with van der Waals surface area (Å²) < 4.78 is 5.40. The highest BCUT2D eigenvalue weighted by atomic mass is 16.5. The van der Waals surface area contributed by atoms with Crippen LogP contribution in [0.2, 0.25) is 0 Å². The number of benzene rings is 3. The standard InChI is InChI=1S/C25H24N6O3/c1-3-34-22-14-12-21(13-15-22)27-25(33)19-8-10-20(11-9-19)26-23(32)16-31-29-24(28-30-31)18-6-4-17(2)5-7-18/h4-15H,3,16H2,1-2H3,(H,26,32)(H,27,33). The second-order valence-corrected chi connectivity index (χ2v) is 7.55. The van der Waals surface area contributed by atoms with Gasteiger partial charge in [-0.15, -0.1) is 10.2 Å². The first kappa shape index (κ1) is 22.7. The molecule has 9 heteroatoms. The summed E-state index contributed by atoms with van der Waals surface area (Å²) in [5.74, 6) is 0.640. The molecular weight excluding hydrogens is 432 g/mol. The Labute approximate surface area is 196 Å². The molecule has 0 saturated carbocycles. The quantitative estimate of drug-likeness (QED) is 0.416. The van der Waals surface area contributed by atoms with E-state index in [4.69, 9.17) is 4.74 Å². The van der Waals surface area contributed by atoms with Crippen molar-refractivity contribution in [2.24, 2.45) is 0 Å². The van der Waals surface area contributed by atoms with Crippen LogP contribution in [0.3, 0.4) is 0 Å². The maximum Gasteiger partial charge on any atom is 0.255 e. The van der Waals surface area contributed by atoms with E-state index in [0.717, 1.165) is 16.9 Å². The number of hydrogen-bond donors (Lipinski definition) is 2. The van der Waals surface area contributed by atoms with Crippen LogP contribution in [-0.2, 0) is 11.3 Å². The Bertz CT molecular complexity index is 1270. The van der Waals surface area contributed by atoms with E-state index in [9.17, 15) is 9.59 Å². The van der Waals surface area contributed by atoms with Crippen molar-refractivity contribution in [2.75, 3.05) is 17.2 Å². The molecule has 0 spiro atoms. The second kappa shape index (κ2) is 10.4. The van der Waals surface area contributed by atoms with Gasteiger partial charge in [-0.1, -0.05) is 29.8 Å². The molecule has 1 aromatic heterocycles.